The molecular formula is C12H15NO2. The van der Waals surface area contributed by atoms with E-state index in [4.69, 9.17) is 16.7 Å². The normalized spacial score (nSPS) is 11.3. The van der Waals surface area contributed by atoms with Gasteiger partial charge in [-0.2, -0.15) is 0 Å². The summed E-state index contributed by atoms with van der Waals surface area (Å²) in [6.07, 6.45) is 0.816. The zero-order valence-corrected chi connectivity index (χ0v) is 9.28. The molecule has 0 N–H and O–H groups in total. The van der Waals surface area contributed by atoms with Gasteiger partial charge in [0.2, 0.25) is 0 Å². The van der Waals surface area contributed by atoms with Crippen LogP contribution in [-0.4, -0.2) is 12.8 Å². The Morgan fingerprint density at radius 1 is 1.47 bits per heavy atom. The Morgan fingerprint density at radius 3 is 2.67 bits per heavy atom. The smallest absolute Gasteiger partial charge is 0.180 e. The molecule has 0 atom stereocenters. The third-order valence-corrected chi connectivity index (χ3v) is 2.17. The molecule has 0 aliphatic carbocycles. The van der Waals surface area contributed by atoms with Crippen molar-refractivity contribution < 1.29 is 9.57 Å². The Labute approximate surface area is 90.7 Å². The van der Waals surface area contributed by atoms with Gasteiger partial charge in [0.05, 0.1) is 5.71 Å². The molecule has 80 valence electrons. The largest absolute Gasteiger partial charge is 0.482 e. The molecule has 0 amide bonds. The van der Waals surface area contributed by atoms with E-state index in [9.17, 15) is 0 Å². The minimum atomic E-state index is 0.673. The molecule has 0 aromatic heterocycles. The molecule has 0 heterocycles. The van der Waals surface area contributed by atoms with Crippen molar-refractivity contribution in [2.24, 2.45) is 5.16 Å². The van der Waals surface area contributed by atoms with Crippen LogP contribution >= 0.6 is 0 Å². The van der Waals surface area contributed by atoms with Crippen LogP contribution < -0.4 is 4.74 Å². The highest BCUT2D eigenvalue weighted by atomic mass is 16.6. The second-order valence-corrected chi connectivity index (χ2v) is 3.17. The molecule has 1 aromatic carbocycles. The number of rotatable bonds is 4. The van der Waals surface area contributed by atoms with E-state index in [0.29, 0.717) is 5.75 Å². The predicted molar refractivity (Wildman–Crippen MR) is 59.9 cm³/mol. The zero-order valence-electron chi connectivity index (χ0n) is 9.28. The lowest BCUT2D eigenvalue weighted by Gasteiger charge is -2.07. The Kier molecular flexibility index (Phi) is 4.16. The number of oxime groups is 1. The minimum Gasteiger partial charge on any atom is -0.482 e. The van der Waals surface area contributed by atoms with Crippen molar-refractivity contribution in [2.75, 3.05) is 7.11 Å². The number of hydrogen-bond donors (Lipinski definition) is 0. The van der Waals surface area contributed by atoms with E-state index in [-0.39, 0.29) is 0 Å². The third kappa shape index (κ3) is 2.72. The van der Waals surface area contributed by atoms with Gasteiger partial charge >= 0.3 is 0 Å². The second kappa shape index (κ2) is 5.39. The van der Waals surface area contributed by atoms with Crippen LogP contribution in [0.15, 0.2) is 23.4 Å². The Bertz CT molecular complexity index is 359. The van der Waals surface area contributed by atoms with Crippen molar-refractivity contribution in [3.05, 3.63) is 36.4 Å². The van der Waals surface area contributed by atoms with Crippen molar-refractivity contribution in [1.82, 2.24) is 0 Å². The van der Waals surface area contributed by atoms with Gasteiger partial charge in [-0.3, -0.25) is 0 Å². The van der Waals surface area contributed by atoms with Crippen LogP contribution in [0.4, 0.5) is 0 Å². The molecule has 0 aliphatic heterocycles. The summed E-state index contributed by atoms with van der Waals surface area (Å²) in [6, 6.07) is 5.71. The second-order valence-electron chi connectivity index (χ2n) is 3.17. The molecule has 0 bridgehead atoms. The fourth-order valence-electron chi connectivity index (χ4n) is 1.39. The first-order valence-electron chi connectivity index (χ1n) is 4.80. The maximum atomic E-state index is 5.11. The van der Waals surface area contributed by atoms with E-state index in [0.717, 1.165) is 23.3 Å². The molecule has 1 aromatic rings. The molecule has 15 heavy (non-hydrogen) atoms. The number of hydrogen-bond acceptors (Lipinski definition) is 3. The summed E-state index contributed by atoms with van der Waals surface area (Å²) in [7, 11) is 6.65. The van der Waals surface area contributed by atoms with Crippen LogP contribution in [0, 0.1) is 14.0 Å². The summed E-state index contributed by atoms with van der Waals surface area (Å²) >= 11 is 0. The van der Waals surface area contributed by atoms with Gasteiger partial charge in [-0.15, -0.1) is 0 Å². The fourth-order valence-corrected chi connectivity index (χ4v) is 1.39. The van der Waals surface area contributed by atoms with Gasteiger partial charge in [0.1, 0.15) is 12.9 Å². The Morgan fingerprint density at radius 2 is 2.20 bits per heavy atom. The van der Waals surface area contributed by atoms with Gasteiger partial charge in [-0.05, 0) is 42.7 Å². The molecule has 0 aliphatic rings. The van der Waals surface area contributed by atoms with Gasteiger partial charge in [-0.1, -0.05) is 12.1 Å². The molecule has 3 heteroatoms. The van der Waals surface area contributed by atoms with Crippen LogP contribution in [0.3, 0.4) is 0 Å². The minimum absolute atomic E-state index is 0.673. The van der Waals surface area contributed by atoms with E-state index >= 15 is 0 Å². The summed E-state index contributed by atoms with van der Waals surface area (Å²) in [5.74, 6) is 0.673. The van der Waals surface area contributed by atoms with Gasteiger partial charge in [-0.25, -0.2) is 0 Å². The summed E-state index contributed by atoms with van der Waals surface area (Å²) in [6.45, 7) is 3.96. The predicted octanol–water partition coefficient (Wildman–Crippen LogP) is 2.80. The van der Waals surface area contributed by atoms with E-state index < -0.39 is 0 Å². The topological polar surface area (TPSA) is 30.8 Å². The van der Waals surface area contributed by atoms with Crippen molar-refractivity contribution in [3.63, 3.8) is 0 Å². The highest BCUT2D eigenvalue weighted by molar-refractivity contribution is 6.00. The van der Waals surface area contributed by atoms with Gasteiger partial charge in [0.25, 0.3) is 0 Å². The lowest BCUT2D eigenvalue weighted by molar-refractivity contribution is 0.213. The van der Waals surface area contributed by atoms with Gasteiger partial charge in [0, 0.05) is 0 Å². The fraction of sp³-hybridized carbons (Fsp3) is 0.333. The van der Waals surface area contributed by atoms with E-state index in [1.807, 2.05) is 32.0 Å². The number of nitrogens with zero attached hydrogens (tertiary/aromatic N) is 1. The average Bonchev–Trinajstić information content (AvgIpc) is 2.25. The summed E-state index contributed by atoms with van der Waals surface area (Å²) in [5, 5.41) is 3.95. The van der Waals surface area contributed by atoms with Crippen LogP contribution in [0.5, 0.6) is 5.75 Å². The van der Waals surface area contributed by atoms with Crippen LogP contribution in [0.2, 0.25) is 0 Å². The Balaban J connectivity index is 3.05. The molecule has 1 rings (SSSR count). The molecule has 2 radical (unpaired) electrons. The van der Waals surface area contributed by atoms with Crippen molar-refractivity contribution in [2.45, 2.75) is 20.3 Å². The first kappa shape index (κ1) is 11.6. The highest BCUT2D eigenvalue weighted by Gasteiger charge is 2.05. The molecule has 0 fully saturated rings. The molecule has 0 saturated heterocycles. The van der Waals surface area contributed by atoms with E-state index in [1.54, 1.807) is 7.11 Å². The molecule has 0 spiro atoms. The first-order chi connectivity index (χ1) is 7.22. The maximum Gasteiger partial charge on any atom is 0.180 e. The summed E-state index contributed by atoms with van der Waals surface area (Å²) in [4.78, 5) is 4.78. The van der Waals surface area contributed by atoms with E-state index in [1.165, 1.54) is 0 Å². The first-order valence-corrected chi connectivity index (χ1v) is 4.80. The van der Waals surface area contributed by atoms with Crippen LogP contribution in [0.1, 0.15) is 24.5 Å². The SMILES string of the molecule is [CH]Oc1ccc(C(CC)=NOC)cc1C. The maximum absolute atomic E-state index is 5.11. The van der Waals surface area contributed by atoms with Crippen molar-refractivity contribution in [1.29, 1.82) is 0 Å². The monoisotopic (exact) mass is 205 g/mol. The standard InChI is InChI=1S/C12H15NO2/c1-5-11(13-15-4)10-6-7-12(14-3)9(2)8-10/h3,6-8H,5H2,1-2,4H3. The van der Waals surface area contributed by atoms with E-state index in [2.05, 4.69) is 5.16 Å². The molecule has 0 unspecified atom stereocenters. The van der Waals surface area contributed by atoms with Crippen LogP contribution in [0.25, 0.3) is 0 Å². The molecule has 0 saturated carbocycles. The highest BCUT2D eigenvalue weighted by Crippen LogP contribution is 2.19. The number of ether oxygens (including phenoxy) is 1. The molecular weight excluding hydrogens is 190 g/mol. The number of benzene rings is 1. The quantitative estimate of drug-likeness (QED) is 0.559. The van der Waals surface area contributed by atoms with Crippen molar-refractivity contribution in [3.8, 4) is 5.75 Å². The lowest BCUT2D eigenvalue weighted by atomic mass is 10.1. The van der Waals surface area contributed by atoms with Crippen LogP contribution in [-0.2, 0) is 4.84 Å². The summed E-state index contributed by atoms with van der Waals surface area (Å²) < 4.78 is 4.70. The van der Waals surface area contributed by atoms with Gasteiger partial charge < -0.3 is 9.57 Å². The lowest BCUT2D eigenvalue weighted by Crippen LogP contribution is -2.00. The summed E-state index contributed by atoms with van der Waals surface area (Å²) in [5.41, 5.74) is 2.91. The van der Waals surface area contributed by atoms with Gasteiger partial charge in [0.15, 0.2) is 7.11 Å². The number of aryl methyl sites for hydroxylation is 1. The molecule has 3 nitrogen and oxygen atoms in total. The zero-order chi connectivity index (χ0) is 11.3. The Hall–Kier alpha value is -1.51. The third-order valence-electron chi connectivity index (χ3n) is 2.17. The van der Waals surface area contributed by atoms with Crippen molar-refractivity contribution >= 4 is 5.71 Å². The average molecular weight is 205 g/mol.